The van der Waals surface area contributed by atoms with Gasteiger partial charge < -0.3 is 15.0 Å². The van der Waals surface area contributed by atoms with E-state index >= 15 is 0 Å². The molecule has 0 radical (unpaired) electrons. The first-order valence-electron chi connectivity index (χ1n) is 7.43. The van der Waals surface area contributed by atoms with Gasteiger partial charge in [0.05, 0.1) is 19.2 Å². The van der Waals surface area contributed by atoms with Gasteiger partial charge in [-0.15, -0.1) is 0 Å². The second-order valence-corrected chi connectivity index (χ2v) is 6.56. The molecule has 1 aliphatic rings. The summed E-state index contributed by atoms with van der Waals surface area (Å²) < 4.78 is 5.30. The molecule has 1 aromatic heterocycles. The quantitative estimate of drug-likeness (QED) is 0.894. The topological polar surface area (TPSA) is 71.2 Å². The second-order valence-electron chi connectivity index (χ2n) is 6.56. The summed E-state index contributed by atoms with van der Waals surface area (Å²) in [5.41, 5.74) is 1.87. The second kappa shape index (κ2) is 5.92. The predicted octanol–water partition coefficient (Wildman–Crippen LogP) is 1.92. The van der Waals surface area contributed by atoms with Crippen LogP contribution in [0.4, 0.5) is 0 Å². The minimum absolute atomic E-state index is 0.00880. The van der Waals surface area contributed by atoms with Gasteiger partial charge in [0.1, 0.15) is 0 Å². The van der Waals surface area contributed by atoms with Crippen LogP contribution in [-0.4, -0.2) is 18.0 Å². The molecule has 0 aliphatic heterocycles. The lowest BCUT2D eigenvalue weighted by molar-refractivity contribution is -0.128. The molecule has 21 heavy (non-hydrogen) atoms. The summed E-state index contributed by atoms with van der Waals surface area (Å²) in [5, 5.41) is 2.82. The molecular formula is C16H24N2O3. The van der Waals surface area contributed by atoms with Gasteiger partial charge in [0.25, 0.3) is 0 Å². The Balaban J connectivity index is 2.30. The van der Waals surface area contributed by atoms with Crippen molar-refractivity contribution in [3.05, 3.63) is 27.0 Å². The molecule has 0 atom stereocenters. The highest BCUT2D eigenvalue weighted by molar-refractivity contribution is 5.81. The molecule has 1 aliphatic carbocycles. The first-order chi connectivity index (χ1) is 9.84. The van der Waals surface area contributed by atoms with Crippen LogP contribution in [0.2, 0.25) is 0 Å². The van der Waals surface area contributed by atoms with Crippen LogP contribution in [0.5, 0.6) is 5.88 Å². The van der Waals surface area contributed by atoms with Crippen LogP contribution >= 0.6 is 0 Å². The van der Waals surface area contributed by atoms with E-state index in [0.717, 1.165) is 36.9 Å². The molecule has 2 N–H and O–H groups in total. The number of fused-ring (bicyclic) bond motifs is 1. The van der Waals surface area contributed by atoms with Gasteiger partial charge >= 0.3 is 0 Å². The van der Waals surface area contributed by atoms with Crippen molar-refractivity contribution in [2.24, 2.45) is 5.41 Å². The summed E-state index contributed by atoms with van der Waals surface area (Å²) in [6, 6.07) is 0. The summed E-state index contributed by atoms with van der Waals surface area (Å²) >= 11 is 0. The Kier molecular flexibility index (Phi) is 4.40. The van der Waals surface area contributed by atoms with E-state index in [4.69, 9.17) is 4.74 Å². The fourth-order valence-electron chi connectivity index (χ4n) is 2.56. The molecule has 1 aromatic rings. The van der Waals surface area contributed by atoms with Gasteiger partial charge in [-0.05, 0) is 25.7 Å². The van der Waals surface area contributed by atoms with Crippen molar-refractivity contribution >= 4 is 5.91 Å². The molecule has 0 aromatic carbocycles. The molecule has 0 saturated carbocycles. The molecule has 0 unspecified atom stereocenters. The van der Waals surface area contributed by atoms with E-state index in [1.54, 1.807) is 0 Å². The van der Waals surface area contributed by atoms with E-state index in [0.29, 0.717) is 11.4 Å². The molecule has 0 fully saturated rings. The normalized spacial score (nSPS) is 14.5. The van der Waals surface area contributed by atoms with Gasteiger partial charge in [-0.1, -0.05) is 20.8 Å². The fraction of sp³-hybridized carbons (Fsp3) is 0.625. The standard InChI is InChI=1S/C16H24N2O3/c1-16(2,3)15(20)17-9-11-13(19)10-7-5-6-8-12(10)18-14(11)21-4/h5-9H2,1-4H3,(H,17,20)(H,18,19). The number of ether oxygens (including phenoxy) is 1. The third-order valence-electron chi connectivity index (χ3n) is 3.87. The smallest absolute Gasteiger partial charge is 0.225 e. The Morgan fingerprint density at radius 3 is 2.57 bits per heavy atom. The molecule has 0 spiro atoms. The van der Waals surface area contributed by atoms with E-state index in [2.05, 4.69) is 10.3 Å². The minimum atomic E-state index is -0.478. The van der Waals surface area contributed by atoms with E-state index in [1.165, 1.54) is 7.11 Å². The van der Waals surface area contributed by atoms with Crippen molar-refractivity contribution in [2.45, 2.75) is 53.0 Å². The molecule has 0 saturated heterocycles. The molecule has 1 amide bonds. The van der Waals surface area contributed by atoms with Crippen molar-refractivity contribution in [1.29, 1.82) is 0 Å². The Labute approximate surface area is 125 Å². The maximum Gasteiger partial charge on any atom is 0.225 e. The van der Waals surface area contributed by atoms with Crippen LogP contribution in [0.3, 0.4) is 0 Å². The van der Waals surface area contributed by atoms with Crippen LogP contribution < -0.4 is 15.5 Å². The summed E-state index contributed by atoms with van der Waals surface area (Å²) in [6.45, 7) is 5.73. The number of rotatable bonds is 3. The van der Waals surface area contributed by atoms with Crippen LogP contribution in [-0.2, 0) is 24.2 Å². The number of methoxy groups -OCH3 is 1. The highest BCUT2D eigenvalue weighted by atomic mass is 16.5. The monoisotopic (exact) mass is 292 g/mol. The third-order valence-corrected chi connectivity index (χ3v) is 3.87. The molecule has 1 heterocycles. The van der Waals surface area contributed by atoms with Gasteiger partial charge in [0, 0.05) is 16.7 Å². The van der Waals surface area contributed by atoms with Crippen LogP contribution in [0.25, 0.3) is 0 Å². The van der Waals surface area contributed by atoms with E-state index in [9.17, 15) is 9.59 Å². The molecule has 0 bridgehead atoms. The molecule has 5 heteroatoms. The number of carbonyl (C=O) groups is 1. The Hall–Kier alpha value is -1.78. The highest BCUT2D eigenvalue weighted by Gasteiger charge is 2.23. The number of H-pyrrole nitrogens is 1. The van der Waals surface area contributed by atoms with Crippen molar-refractivity contribution in [3.8, 4) is 5.88 Å². The number of amides is 1. The number of hydrogen-bond donors (Lipinski definition) is 2. The Morgan fingerprint density at radius 1 is 1.29 bits per heavy atom. The first kappa shape index (κ1) is 15.6. The zero-order chi connectivity index (χ0) is 15.6. The SMILES string of the molecule is COc1[nH]c2c(c(=O)c1CNC(=O)C(C)(C)C)CCCC2. The maximum atomic E-state index is 12.6. The van der Waals surface area contributed by atoms with Gasteiger partial charge in [0.15, 0.2) is 11.3 Å². The minimum Gasteiger partial charge on any atom is -0.482 e. The van der Waals surface area contributed by atoms with E-state index < -0.39 is 5.41 Å². The van der Waals surface area contributed by atoms with Gasteiger partial charge in [-0.2, -0.15) is 0 Å². The Bertz CT molecular complexity index is 597. The summed E-state index contributed by atoms with van der Waals surface area (Å²) in [5.74, 6) is 0.386. The summed E-state index contributed by atoms with van der Waals surface area (Å²) in [4.78, 5) is 27.8. The molecule has 116 valence electrons. The summed E-state index contributed by atoms with van der Waals surface area (Å²) in [7, 11) is 1.54. The average Bonchev–Trinajstić information content (AvgIpc) is 2.44. The lowest BCUT2D eigenvalue weighted by Gasteiger charge is -2.20. The van der Waals surface area contributed by atoms with Crippen molar-refractivity contribution < 1.29 is 9.53 Å². The average molecular weight is 292 g/mol. The lowest BCUT2D eigenvalue weighted by Crippen LogP contribution is -2.36. The Morgan fingerprint density at radius 2 is 1.95 bits per heavy atom. The van der Waals surface area contributed by atoms with Gasteiger partial charge in [0.2, 0.25) is 5.91 Å². The number of nitrogens with one attached hydrogen (secondary N) is 2. The zero-order valence-corrected chi connectivity index (χ0v) is 13.3. The van der Waals surface area contributed by atoms with E-state index in [1.807, 2.05) is 20.8 Å². The number of aromatic amines is 1. The van der Waals surface area contributed by atoms with Crippen molar-refractivity contribution in [2.75, 3.05) is 7.11 Å². The van der Waals surface area contributed by atoms with Crippen molar-refractivity contribution in [3.63, 3.8) is 0 Å². The zero-order valence-electron chi connectivity index (χ0n) is 13.3. The van der Waals surface area contributed by atoms with Crippen LogP contribution in [0.1, 0.15) is 50.4 Å². The van der Waals surface area contributed by atoms with Gasteiger partial charge in [-0.25, -0.2) is 0 Å². The number of aryl methyl sites for hydroxylation is 1. The largest absolute Gasteiger partial charge is 0.482 e. The molecular weight excluding hydrogens is 268 g/mol. The molecule has 2 rings (SSSR count). The highest BCUT2D eigenvalue weighted by Crippen LogP contribution is 2.22. The number of pyridine rings is 1. The van der Waals surface area contributed by atoms with E-state index in [-0.39, 0.29) is 17.9 Å². The number of hydrogen-bond acceptors (Lipinski definition) is 3. The maximum absolute atomic E-state index is 12.6. The fourth-order valence-corrected chi connectivity index (χ4v) is 2.56. The predicted molar refractivity (Wildman–Crippen MR) is 81.6 cm³/mol. The first-order valence-corrected chi connectivity index (χ1v) is 7.43. The van der Waals surface area contributed by atoms with Crippen molar-refractivity contribution in [1.82, 2.24) is 10.3 Å². The van der Waals surface area contributed by atoms with Gasteiger partial charge in [-0.3, -0.25) is 9.59 Å². The lowest BCUT2D eigenvalue weighted by atomic mass is 9.93. The summed E-state index contributed by atoms with van der Waals surface area (Å²) in [6.07, 6.45) is 3.81. The number of carbonyl (C=O) groups excluding carboxylic acids is 1. The van der Waals surface area contributed by atoms with Crippen LogP contribution in [0, 0.1) is 5.41 Å². The van der Waals surface area contributed by atoms with Crippen LogP contribution in [0.15, 0.2) is 4.79 Å². The third kappa shape index (κ3) is 3.28. The number of aromatic nitrogens is 1. The molecule has 5 nitrogen and oxygen atoms in total.